The van der Waals surface area contributed by atoms with Crippen molar-refractivity contribution >= 4 is 29.2 Å². The smallest absolute Gasteiger partial charge is 0.407 e. The zero-order chi connectivity index (χ0) is 14.0. The summed E-state index contributed by atoms with van der Waals surface area (Å²) in [6, 6.07) is -0.235. The molecule has 1 saturated heterocycles. The lowest BCUT2D eigenvalue weighted by Crippen LogP contribution is -2.30. The summed E-state index contributed by atoms with van der Waals surface area (Å²) in [7, 11) is 0. The Labute approximate surface area is 112 Å². The average Bonchev–Trinajstić information content (AvgIpc) is 2.77. The summed E-state index contributed by atoms with van der Waals surface area (Å²) in [5, 5.41) is 22.4. The number of hydrogen-bond acceptors (Lipinski definition) is 6. The minimum atomic E-state index is -1.01. The molecular weight excluding hydrogens is 278 g/mol. The molecule has 1 aliphatic rings. The van der Waals surface area contributed by atoms with Crippen LogP contribution in [0.25, 0.3) is 0 Å². The van der Waals surface area contributed by atoms with Crippen molar-refractivity contribution in [1.82, 2.24) is 14.9 Å². The fourth-order valence-electron chi connectivity index (χ4n) is 1.84. The van der Waals surface area contributed by atoms with Crippen LogP contribution in [0.3, 0.4) is 0 Å². The number of nitro groups is 1. The summed E-state index contributed by atoms with van der Waals surface area (Å²) in [5.74, 6) is 0.00207. The summed E-state index contributed by atoms with van der Waals surface area (Å²) >= 11 is 5.60. The molecule has 1 aromatic rings. The molecule has 0 aliphatic carbocycles. The third-order valence-corrected chi connectivity index (χ3v) is 2.92. The van der Waals surface area contributed by atoms with E-state index in [4.69, 9.17) is 16.7 Å². The standard InChI is InChI=1S/C9H10ClN5O4/c10-8-11-3-6(15(18)19)7(13-8)12-5-1-2-14(4-5)9(16)17/h3,5H,1-2,4H2,(H,16,17)(H,11,12,13). The van der Waals surface area contributed by atoms with Crippen molar-refractivity contribution in [3.8, 4) is 0 Å². The van der Waals surface area contributed by atoms with Crippen LogP contribution >= 0.6 is 11.6 Å². The third kappa shape index (κ3) is 2.99. The summed E-state index contributed by atoms with van der Waals surface area (Å²) in [6.07, 6.45) is 0.548. The Kier molecular flexibility index (Phi) is 3.65. The van der Waals surface area contributed by atoms with Gasteiger partial charge in [-0.2, -0.15) is 4.98 Å². The van der Waals surface area contributed by atoms with Crippen molar-refractivity contribution < 1.29 is 14.8 Å². The number of carboxylic acid groups (broad SMARTS) is 1. The Morgan fingerprint density at radius 1 is 1.68 bits per heavy atom. The van der Waals surface area contributed by atoms with Crippen molar-refractivity contribution in [1.29, 1.82) is 0 Å². The molecule has 102 valence electrons. The second kappa shape index (κ2) is 5.22. The van der Waals surface area contributed by atoms with Crippen molar-refractivity contribution in [2.75, 3.05) is 18.4 Å². The van der Waals surface area contributed by atoms with Gasteiger partial charge < -0.3 is 15.3 Å². The van der Waals surface area contributed by atoms with Gasteiger partial charge >= 0.3 is 11.8 Å². The fraction of sp³-hybridized carbons (Fsp3) is 0.444. The predicted molar refractivity (Wildman–Crippen MR) is 65.3 cm³/mol. The number of nitrogens with zero attached hydrogens (tertiary/aromatic N) is 4. The zero-order valence-electron chi connectivity index (χ0n) is 9.61. The van der Waals surface area contributed by atoms with Crippen molar-refractivity contribution in [2.24, 2.45) is 0 Å². The van der Waals surface area contributed by atoms with Gasteiger partial charge in [0.1, 0.15) is 6.20 Å². The SMILES string of the molecule is O=C(O)N1CCC(Nc2nc(Cl)ncc2[N+](=O)[O-])C1. The van der Waals surface area contributed by atoms with E-state index in [0.717, 1.165) is 6.20 Å². The minimum Gasteiger partial charge on any atom is -0.465 e. The van der Waals surface area contributed by atoms with Gasteiger partial charge in [-0.05, 0) is 18.0 Å². The number of nitrogens with one attached hydrogen (secondary N) is 1. The lowest BCUT2D eigenvalue weighted by atomic mass is 10.2. The normalized spacial score (nSPS) is 18.4. The van der Waals surface area contributed by atoms with Gasteiger partial charge in [-0.25, -0.2) is 9.78 Å². The quantitative estimate of drug-likeness (QED) is 0.486. The van der Waals surface area contributed by atoms with Crippen LogP contribution in [-0.2, 0) is 0 Å². The first kappa shape index (κ1) is 13.3. The Morgan fingerprint density at radius 2 is 2.42 bits per heavy atom. The number of likely N-dealkylation sites (tertiary alicyclic amines) is 1. The number of anilines is 1. The summed E-state index contributed by atoms with van der Waals surface area (Å²) in [6.45, 7) is 0.619. The van der Waals surface area contributed by atoms with Crippen LogP contribution in [0, 0.1) is 10.1 Å². The molecule has 0 aromatic carbocycles. The van der Waals surface area contributed by atoms with Gasteiger partial charge in [0.25, 0.3) is 0 Å². The molecule has 0 saturated carbocycles. The van der Waals surface area contributed by atoms with E-state index < -0.39 is 11.0 Å². The maximum absolute atomic E-state index is 10.8. The van der Waals surface area contributed by atoms with E-state index in [-0.39, 0.29) is 29.4 Å². The molecule has 9 nitrogen and oxygen atoms in total. The molecule has 1 fully saturated rings. The number of halogens is 1. The highest BCUT2D eigenvalue weighted by Gasteiger charge is 2.28. The molecule has 1 unspecified atom stereocenters. The number of aromatic nitrogens is 2. The van der Waals surface area contributed by atoms with Gasteiger partial charge in [0, 0.05) is 19.1 Å². The van der Waals surface area contributed by atoms with Crippen LogP contribution < -0.4 is 5.32 Å². The molecule has 2 heterocycles. The molecular formula is C9H10ClN5O4. The van der Waals surface area contributed by atoms with Crippen LogP contribution in [0.15, 0.2) is 6.20 Å². The Morgan fingerprint density at radius 3 is 3.00 bits per heavy atom. The van der Waals surface area contributed by atoms with E-state index in [0.29, 0.717) is 13.0 Å². The van der Waals surface area contributed by atoms with Crippen LogP contribution in [0.4, 0.5) is 16.3 Å². The molecule has 1 aliphatic heterocycles. The van der Waals surface area contributed by atoms with Crippen LogP contribution in [0.1, 0.15) is 6.42 Å². The molecule has 1 aromatic heterocycles. The largest absolute Gasteiger partial charge is 0.465 e. The van der Waals surface area contributed by atoms with Crippen molar-refractivity contribution in [2.45, 2.75) is 12.5 Å². The van der Waals surface area contributed by atoms with E-state index >= 15 is 0 Å². The number of amides is 1. The molecule has 2 N–H and O–H groups in total. The maximum Gasteiger partial charge on any atom is 0.407 e. The monoisotopic (exact) mass is 287 g/mol. The van der Waals surface area contributed by atoms with Gasteiger partial charge in [0.2, 0.25) is 11.1 Å². The molecule has 0 radical (unpaired) electrons. The van der Waals surface area contributed by atoms with Gasteiger partial charge in [-0.15, -0.1) is 0 Å². The van der Waals surface area contributed by atoms with Gasteiger partial charge in [-0.3, -0.25) is 10.1 Å². The van der Waals surface area contributed by atoms with E-state index in [1.807, 2.05) is 0 Å². The molecule has 19 heavy (non-hydrogen) atoms. The highest BCUT2D eigenvalue weighted by Crippen LogP contribution is 2.24. The first-order valence-electron chi connectivity index (χ1n) is 5.38. The number of carbonyl (C=O) groups is 1. The molecule has 0 spiro atoms. The summed E-state index contributed by atoms with van der Waals surface area (Å²) in [4.78, 5) is 29.5. The Bertz CT molecular complexity index is 525. The highest BCUT2D eigenvalue weighted by atomic mass is 35.5. The van der Waals surface area contributed by atoms with Crippen LogP contribution in [0.5, 0.6) is 0 Å². The molecule has 10 heteroatoms. The average molecular weight is 288 g/mol. The predicted octanol–water partition coefficient (Wildman–Crippen LogP) is 1.20. The number of hydrogen-bond donors (Lipinski definition) is 2. The first-order chi connectivity index (χ1) is 8.97. The lowest BCUT2D eigenvalue weighted by Gasteiger charge is -2.14. The van der Waals surface area contributed by atoms with Gasteiger partial charge in [-0.1, -0.05) is 0 Å². The van der Waals surface area contributed by atoms with Crippen LogP contribution in [-0.4, -0.2) is 50.1 Å². The second-order valence-electron chi connectivity index (χ2n) is 3.99. The summed E-state index contributed by atoms with van der Waals surface area (Å²) < 4.78 is 0. The number of rotatable bonds is 3. The van der Waals surface area contributed by atoms with E-state index in [1.165, 1.54) is 4.90 Å². The van der Waals surface area contributed by atoms with Crippen molar-refractivity contribution in [3.05, 3.63) is 21.6 Å². The zero-order valence-corrected chi connectivity index (χ0v) is 10.4. The molecule has 2 rings (SSSR count). The van der Waals surface area contributed by atoms with Crippen molar-refractivity contribution in [3.63, 3.8) is 0 Å². The van der Waals surface area contributed by atoms with Gasteiger partial charge in [0.05, 0.1) is 4.92 Å². The highest BCUT2D eigenvalue weighted by molar-refractivity contribution is 6.28. The Hall–Kier alpha value is -2.16. The second-order valence-corrected chi connectivity index (χ2v) is 4.33. The topological polar surface area (TPSA) is 121 Å². The fourth-order valence-corrected chi connectivity index (χ4v) is 1.97. The van der Waals surface area contributed by atoms with E-state index in [2.05, 4.69) is 15.3 Å². The van der Waals surface area contributed by atoms with E-state index in [9.17, 15) is 14.9 Å². The van der Waals surface area contributed by atoms with Crippen LogP contribution in [0.2, 0.25) is 5.28 Å². The summed E-state index contributed by atoms with van der Waals surface area (Å²) in [5.41, 5.74) is -0.293. The third-order valence-electron chi connectivity index (χ3n) is 2.74. The van der Waals surface area contributed by atoms with Gasteiger partial charge in [0.15, 0.2) is 0 Å². The molecule has 1 atom stereocenters. The maximum atomic E-state index is 10.8. The minimum absolute atomic E-state index is 0.00207. The molecule has 1 amide bonds. The van der Waals surface area contributed by atoms with E-state index in [1.54, 1.807) is 0 Å². The lowest BCUT2D eigenvalue weighted by molar-refractivity contribution is -0.384. The molecule has 0 bridgehead atoms. The Balaban J connectivity index is 2.13. The first-order valence-corrected chi connectivity index (χ1v) is 5.76.